The summed E-state index contributed by atoms with van der Waals surface area (Å²) in [4.78, 5) is 28.4. The van der Waals surface area contributed by atoms with E-state index in [4.69, 9.17) is 9.47 Å². The van der Waals surface area contributed by atoms with Gasteiger partial charge in [-0.2, -0.15) is 4.31 Å². The Labute approximate surface area is 262 Å². The van der Waals surface area contributed by atoms with Crippen LogP contribution in [0.1, 0.15) is 53.5 Å². The van der Waals surface area contributed by atoms with Crippen LogP contribution in [0.4, 0.5) is 0 Å². The number of rotatable bonds is 13. The Morgan fingerprint density at radius 2 is 1.64 bits per heavy atom. The zero-order chi connectivity index (χ0) is 32.8. The summed E-state index contributed by atoms with van der Waals surface area (Å²) in [6, 6.07) is 12.8. The van der Waals surface area contributed by atoms with Gasteiger partial charge in [-0.25, -0.2) is 13.4 Å². The number of aliphatic hydroxyl groups excluding tert-OH is 1. The number of fused-ring (bicyclic) bond motifs is 1. The van der Waals surface area contributed by atoms with Gasteiger partial charge in [-0.1, -0.05) is 65.0 Å². The maximum atomic E-state index is 14.0. The van der Waals surface area contributed by atoms with Crippen LogP contribution in [0.3, 0.4) is 0 Å². The molecule has 11 nitrogen and oxygen atoms in total. The van der Waals surface area contributed by atoms with Crippen LogP contribution in [0, 0.1) is 11.3 Å². The smallest absolute Gasteiger partial charge is 0.252 e. The molecule has 244 valence electrons. The van der Waals surface area contributed by atoms with Crippen molar-refractivity contribution in [3.8, 4) is 11.5 Å². The van der Waals surface area contributed by atoms with E-state index in [-0.39, 0.29) is 49.2 Å². The fourth-order valence-corrected chi connectivity index (χ4v) is 6.60. The average molecular weight is 633 g/mol. The van der Waals surface area contributed by atoms with E-state index in [0.29, 0.717) is 11.5 Å². The quantitative estimate of drug-likeness (QED) is 0.322. The van der Waals surface area contributed by atoms with E-state index in [2.05, 4.69) is 5.43 Å². The fourth-order valence-electron chi connectivity index (χ4n) is 4.96. The third-order valence-electron chi connectivity index (χ3n) is 6.82. The van der Waals surface area contributed by atoms with E-state index in [1.165, 1.54) is 21.4 Å². The zero-order valence-electron chi connectivity index (χ0n) is 27.1. The normalized spacial score (nSPS) is 16.3. The van der Waals surface area contributed by atoms with Crippen LogP contribution in [-0.2, 0) is 26.0 Å². The summed E-state index contributed by atoms with van der Waals surface area (Å²) in [6.07, 6.45) is -1.62. The van der Waals surface area contributed by atoms with Gasteiger partial charge in [-0.05, 0) is 49.5 Å². The van der Waals surface area contributed by atoms with E-state index < -0.39 is 39.8 Å². The second kappa shape index (κ2) is 14.7. The maximum Gasteiger partial charge on any atom is 0.252 e. The molecule has 0 saturated heterocycles. The molecule has 2 aromatic carbocycles. The second-order valence-corrected chi connectivity index (χ2v) is 15.2. The van der Waals surface area contributed by atoms with Crippen LogP contribution in [-0.4, -0.2) is 91.7 Å². The number of ether oxygens (including phenoxy) is 2. The molecule has 1 heterocycles. The lowest BCUT2D eigenvalue weighted by molar-refractivity contribution is -0.149. The van der Waals surface area contributed by atoms with E-state index in [1.54, 1.807) is 32.0 Å². The van der Waals surface area contributed by atoms with Crippen LogP contribution in [0.25, 0.3) is 0 Å². The van der Waals surface area contributed by atoms with Crippen molar-refractivity contribution in [1.82, 2.24) is 19.6 Å². The highest BCUT2D eigenvalue weighted by Gasteiger charge is 2.37. The number of hydrogen-bond acceptors (Lipinski definition) is 8. The van der Waals surface area contributed by atoms with E-state index in [9.17, 15) is 23.1 Å². The molecule has 1 aliphatic heterocycles. The molecule has 0 spiro atoms. The minimum atomic E-state index is -4.11. The molecule has 2 aromatic rings. The topological polar surface area (TPSA) is 129 Å². The van der Waals surface area contributed by atoms with Gasteiger partial charge in [0.05, 0.1) is 23.6 Å². The van der Waals surface area contributed by atoms with Crippen molar-refractivity contribution in [2.75, 3.05) is 33.7 Å². The third-order valence-corrected chi connectivity index (χ3v) is 8.64. The highest BCUT2D eigenvalue weighted by molar-refractivity contribution is 7.89. The Hall–Kier alpha value is -3.19. The van der Waals surface area contributed by atoms with Crippen LogP contribution < -0.4 is 14.9 Å². The molecule has 2 N–H and O–H groups in total. The molecular weight excluding hydrogens is 584 g/mol. The Morgan fingerprint density at radius 1 is 1.00 bits per heavy atom. The molecule has 12 heteroatoms. The van der Waals surface area contributed by atoms with Crippen LogP contribution in [0.5, 0.6) is 11.5 Å². The first kappa shape index (κ1) is 35.3. The Kier molecular flexibility index (Phi) is 11.8. The van der Waals surface area contributed by atoms with Crippen LogP contribution in [0.15, 0.2) is 53.4 Å². The summed E-state index contributed by atoms with van der Waals surface area (Å²) in [7, 11) is -0.633. The third kappa shape index (κ3) is 9.91. The Balaban J connectivity index is 2.02. The number of amides is 2. The van der Waals surface area contributed by atoms with Gasteiger partial charge >= 0.3 is 0 Å². The van der Waals surface area contributed by atoms with Crippen molar-refractivity contribution in [2.24, 2.45) is 11.3 Å². The highest BCUT2D eigenvalue weighted by atomic mass is 32.2. The maximum absolute atomic E-state index is 14.0. The van der Waals surface area contributed by atoms with Gasteiger partial charge in [-0.15, -0.1) is 0 Å². The number of carbonyl (C=O) groups is 2. The number of benzene rings is 2. The number of nitrogens with zero attached hydrogens (tertiary/aromatic N) is 3. The number of hydrogen-bond donors (Lipinski definition) is 2. The van der Waals surface area contributed by atoms with Gasteiger partial charge in [0.1, 0.15) is 0 Å². The summed E-state index contributed by atoms with van der Waals surface area (Å²) >= 11 is 0. The number of carbonyl (C=O) groups excluding carboxylic acids is 2. The summed E-state index contributed by atoms with van der Waals surface area (Å²) in [5, 5.41) is 13.1. The Bertz CT molecular complexity index is 1380. The van der Waals surface area contributed by atoms with Gasteiger partial charge in [0.2, 0.25) is 22.2 Å². The lowest BCUT2D eigenvalue weighted by Gasteiger charge is -2.38. The van der Waals surface area contributed by atoms with Crippen molar-refractivity contribution < 1.29 is 32.6 Å². The minimum Gasteiger partial charge on any atom is -0.451 e. The minimum absolute atomic E-state index is 0.00126. The lowest BCUT2D eigenvalue weighted by Crippen LogP contribution is -2.60. The van der Waals surface area contributed by atoms with E-state index in [0.717, 1.165) is 5.56 Å². The molecular formula is C32H48N4O7S. The Morgan fingerprint density at radius 3 is 2.23 bits per heavy atom. The van der Waals surface area contributed by atoms with Crippen molar-refractivity contribution in [2.45, 2.75) is 77.7 Å². The fraction of sp³-hybridized carbons (Fsp3) is 0.562. The summed E-state index contributed by atoms with van der Waals surface area (Å²) in [5.41, 5.74) is 3.14. The standard InChI is InChI=1S/C32H48N4O7S/c1-22(2)19-35(44(40,41)25-14-15-28-29(17-25)43-23(3)42-28)20-27(37)26(16-24-12-10-9-11-13-24)36(31(39)18-32(4,5)6)33-30(38)21-34(7)8/h9-15,17,22-23,26-27,37H,16,18-21H2,1-8H3,(H,33,38)/t23?,26?,27-/m1/s1. The zero-order valence-corrected chi connectivity index (χ0v) is 27.9. The van der Waals surface area contributed by atoms with Crippen LogP contribution >= 0.6 is 0 Å². The first-order chi connectivity index (χ1) is 20.5. The van der Waals surface area contributed by atoms with Gasteiger partial charge in [0.25, 0.3) is 5.91 Å². The van der Waals surface area contributed by atoms with Crippen molar-refractivity contribution in [3.63, 3.8) is 0 Å². The summed E-state index contributed by atoms with van der Waals surface area (Å²) < 4.78 is 40.4. The molecule has 0 saturated carbocycles. The SMILES string of the molecule is CC(C)CN(C[C@@H](O)C(Cc1ccccc1)N(NC(=O)CN(C)C)C(=O)CC(C)(C)C)S(=O)(=O)c1ccc2c(c1)OC(C)O2. The predicted molar refractivity (Wildman–Crippen MR) is 168 cm³/mol. The van der Waals surface area contributed by atoms with Crippen molar-refractivity contribution >= 4 is 21.8 Å². The monoisotopic (exact) mass is 632 g/mol. The molecule has 2 unspecified atom stereocenters. The van der Waals surface area contributed by atoms with Gasteiger partial charge in [0.15, 0.2) is 11.5 Å². The lowest BCUT2D eigenvalue weighted by atomic mass is 9.91. The number of sulfonamides is 1. The predicted octanol–water partition coefficient (Wildman–Crippen LogP) is 3.28. The first-order valence-electron chi connectivity index (χ1n) is 14.9. The molecule has 0 aliphatic carbocycles. The van der Waals surface area contributed by atoms with Crippen molar-refractivity contribution in [1.29, 1.82) is 0 Å². The molecule has 0 radical (unpaired) electrons. The summed E-state index contributed by atoms with van der Waals surface area (Å²) in [5.74, 6) is -0.0991. The highest BCUT2D eigenvalue weighted by Crippen LogP contribution is 2.37. The molecule has 3 rings (SSSR count). The molecule has 1 aliphatic rings. The first-order valence-corrected chi connectivity index (χ1v) is 16.4. The molecule has 0 bridgehead atoms. The molecule has 3 atom stereocenters. The van der Waals surface area contributed by atoms with E-state index >= 15 is 0 Å². The van der Waals surface area contributed by atoms with Gasteiger partial charge < -0.3 is 19.5 Å². The van der Waals surface area contributed by atoms with E-state index in [1.807, 2.05) is 65.0 Å². The summed E-state index contributed by atoms with van der Waals surface area (Å²) in [6.45, 7) is 11.0. The molecule has 0 aromatic heterocycles. The number of aliphatic hydroxyl groups is 1. The number of likely N-dealkylation sites (N-methyl/N-ethyl adjacent to an activating group) is 1. The van der Waals surface area contributed by atoms with Crippen LogP contribution in [0.2, 0.25) is 0 Å². The number of nitrogens with one attached hydrogen (secondary N) is 1. The molecule has 0 fully saturated rings. The largest absolute Gasteiger partial charge is 0.451 e. The number of hydrazine groups is 1. The van der Waals surface area contributed by atoms with Gasteiger partial charge in [-0.3, -0.25) is 15.0 Å². The van der Waals surface area contributed by atoms with Crippen molar-refractivity contribution in [3.05, 3.63) is 54.1 Å². The molecule has 2 amide bonds. The average Bonchev–Trinajstić information content (AvgIpc) is 3.28. The van der Waals surface area contributed by atoms with Gasteiger partial charge in [0, 0.05) is 32.5 Å². The molecule has 44 heavy (non-hydrogen) atoms. The second-order valence-electron chi connectivity index (χ2n) is 13.2.